The molecule has 0 fully saturated rings. The van der Waals surface area contributed by atoms with Crippen molar-refractivity contribution in [2.24, 2.45) is 0 Å². The third-order valence-electron chi connectivity index (χ3n) is 5.36. The van der Waals surface area contributed by atoms with Crippen LogP contribution in [0.25, 0.3) is 22.3 Å². The second-order valence-electron chi connectivity index (χ2n) is 7.57. The van der Waals surface area contributed by atoms with Crippen molar-refractivity contribution < 1.29 is 18.7 Å². The summed E-state index contributed by atoms with van der Waals surface area (Å²) in [6.07, 6.45) is 4.64. The summed E-state index contributed by atoms with van der Waals surface area (Å²) in [4.78, 5) is 21.1. The predicted molar refractivity (Wildman–Crippen MR) is 125 cm³/mol. The lowest BCUT2D eigenvalue weighted by molar-refractivity contribution is -0.108. The van der Waals surface area contributed by atoms with Gasteiger partial charge in [0.15, 0.2) is 17.5 Å². The molecule has 2 aromatic heterocycles. The minimum atomic E-state index is -0.471. The van der Waals surface area contributed by atoms with Gasteiger partial charge in [0.2, 0.25) is 0 Å². The first kappa shape index (κ1) is 22.3. The molecule has 0 spiro atoms. The summed E-state index contributed by atoms with van der Waals surface area (Å²) in [5.41, 5.74) is 1.77. The first-order valence-electron chi connectivity index (χ1n) is 10.6. The van der Waals surface area contributed by atoms with Crippen LogP contribution in [0.15, 0.2) is 60.9 Å². The van der Waals surface area contributed by atoms with E-state index in [1.54, 1.807) is 19.1 Å². The van der Waals surface area contributed by atoms with Crippen molar-refractivity contribution >= 4 is 23.0 Å². The summed E-state index contributed by atoms with van der Waals surface area (Å²) in [5, 5.41) is 1.01. The van der Waals surface area contributed by atoms with E-state index in [2.05, 4.69) is 9.97 Å². The van der Waals surface area contributed by atoms with Crippen LogP contribution in [0, 0.1) is 5.82 Å². The molecule has 4 rings (SSSR count). The number of hydrogen-bond donors (Lipinski definition) is 0. The molecule has 33 heavy (non-hydrogen) atoms. The number of nitrogens with zero attached hydrogens (tertiary/aromatic N) is 4. The van der Waals surface area contributed by atoms with Crippen molar-refractivity contribution in [2.45, 2.75) is 13.0 Å². The van der Waals surface area contributed by atoms with Gasteiger partial charge in [-0.1, -0.05) is 0 Å². The summed E-state index contributed by atoms with van der Waals surface area (Å²) in [6, 6.07) is 15.1. The molecule has 170 valence electrons. The van der Waals surface area contributed by atoms with Crippen molar-refractivity contribution in [1.29, 1.82) is 0 Å². The van der Waals surface area contributed by atoms with Gasteiger partial charge in [-0.05, 0) is 55.0 Å². The van der Waals surface area contributed by atoms with Crippen molar-refractivity contribution in [3.8, 4) is 22.9 Å². The fourth-order valence-electron chi connectivity index (χ4n) is 3.61. The molecule has 2 aromatic carbocycles. The molecule has 7 nitrogen and oxygen atoms in total. The van der Waals surface area contributed by atoms with Crippen LogP contribution < -0.4 is 14.4 Å². The smallest absolute Gasteiger partial charge is 0.183 e. The normalized spacial score (nSPS) is 10.9. The zero-order valence-electron chi connectivity index (χ0n) is 18.6. The van der Waals surface area contributed by atoms with Gasteiger partial charge in [0.25, 0.3) is 0 Å². The second kappa shape index (κ2) is 10.1. The summed E-state index contributed by atoms with van der Waals surface area (Å²) in [5.74, 6) is 1.71. The Labute approximate surface area is 191 Å². The van der Waals surface area contributed by atoms with E-state index in [4.69, 9.17) is 9.47 Å². The fraction of sp³-hybridized carbons (Fsp3) is 0.240. The number of fused-ring (bicyclic) bond motifs is 1. The summed E-state index contributed by atoms with van der Waals surface area (Å²) >= 11 is 0. The summed E-state index contributed by atoms with van der Waals surface area (Å²) in [6.45, 7) is 1.37. The number of aldehydes is 1. The molecule has 0 bridgehead atoms. The Bertz CT molecular complexity index is 1240. The first-order valence-corrected chi connectivity index (χ1v) is 10.6. The van der Waals surface area contributed by atoms with Crippen LogP contribution in [0.2, 0.25) is 0 Å². The van der Waals surface area contributed by atoms with Crippen LogP contribution in [0.1, 0.15) is 6.42 Å². The molecule has 0 amide bonds. The largest absolute Gasteiger partial charge is 0.497 e. The molecule has 0 N–H and O–H groups in total. The SMILES string of the molecule is COc1ccc(-c2ncc(F)c(N(C)CCCOc3ccc4c(ccn4CC=O)c3)n2)cc1. The molecule has 0 aliphatic rings. The standard InChI is InChI=1S/C25H25FN4O3/c1-29(25-22(26)17-27-24(28-25)18-4-6-20(32-2)7-5-18)11-3-15-33-21-8-9-23-19(16-21)10-12-30(23)13-14-31/h4-10,12,14,16-17H,3,11,13,15H2,1-2H3. The van der Waals surface area contributed by atoms with Gasteiger partial charge < -0.3 is 23.7 Å². The highest BCUT2D eigenvalue weighted by Crippen LogP contribution is 2.24. The Morgan fingerprint density at radius 1 is 1.12 bits per heavy atom. The number of benzene rings is 2. The van der Waals surface area contributed by atoms with Crippen molar-refractivity contribution in [3.63, 3.8) is 0 Å². The Morgan fingerprint density at radius 3 is 2.67 bits per heavy atom. The van der Waals surface area contributed by atoms with Crippen LogP contribution in [0.5, 0.6) is 11.5 Å². The lowest BCUT2D eigenvalue weighted by Crippen LogP contribution is -2.23. The topological polar surface area (TPSA) is 69.5 Å². The predicted octanol–water partition coefficient (Wildman–Crippen LogP) is 4.35. The number of ether oxygens (including phenoxy) is 2. The van der Waals surface area contributed by atoms with Crippen molar-refractivity contribution in [1.82, 2.24) is 14.5 Å². The molecule has 0 saturated heterocycles. The van der Waals surface area contributed by atoms with Gasteiger partial charge in [-0.3, -0.25) is 0 Å². The maximum Gasteiger partial charge on any atom is 0.183 e. The number of carbonyl (C=O) groups is 1. The Kier molecular flexibility index (Phi) is 6.83. The van der Waals surface area contributed by atoms with Crippen LogP contribution >= 0.6 is 0 Å². The quantitative estimate of drug-likeness (QED) is 0.265. The maximum absolute atomic E-state index is 14.4. The van der Waals surface area contributed by atoms with Crippen LogP contribution in [-0.4, -0.2) is 48.1 Å². The number of hydrogen-bond acceptors (Lipinski definition) is 6. The Balaban J connectivity index is 1.35. The van der Waals surface area contributed by atoms with Crippen LogP contribution in [0.4, 0.5) is 10.2 Å². The summed E-state index contributed by atoms with van der Waals surface area (Å²) < 4.78 is 27.3. The lowest BCUT2D eigenvalue weighted by atomic mass is 10.2. The van der Waals surface area contributed by atoms with Crippen molar-refractivity contribution in [3.05, 3.63) is 66.7 Å². The van der Waals surface area contributed by atoms with E-state index in [1.807, 2.05) is 59.3 Å². The molecule has 0 aliphatic heterocycles. The zero-order valence-corrected chi connectivity index (χ0v) is 18.6. The van der Waals surface area contributed by atoms with E-state index >= 15 is 0 Å². The van der Waals surface area contributed by atoms with Gasteiger partial charge in [-0.2, -0.15) is 0 Å². The Morgan fingerprint density at radius 2 is 1.91 bits per heavy atom. The average Bonchev–Trinajstić information content (AvgIpc) is 3.24. The highest BCUT2D eigenvalue weighted by molar-refractivity contribution is 5.82. The van der Waals surface area contributed by atoms with E-state index in [9.17, 15) is 9.18 Å². The number of methoxy groups -OCH3 is 1. The minimum absolute atomic E-state index is 0.244. The van der Waals surface area contributed by atoms with E-state index in [0.29, 0.717) is 31.9 Å². The summed E-state index contributed by atoms with van der Waals surface area (Å²) in [7, 11) is 3.40. The van der Waals surface area contributed by atoms with Crippen LogP contribution in [-0.2, 0) is 11.3 Å². The van der Waals surface area contributed by atoms with Gasteiger partial charge in [-0.15, -0.1) is 0 Å². The van der Waals surface area contributed by atoms with E-state index < -0.39 is 5.82 Å². The molecule has 4 aromatic rings. The van der Waals surface area contributed by atoms with Crippen molar-refractivity contribution in [2.75, 3.05) is 32.2 Å². The fourth-order valence-corrected chi connectivity index (χ4v) is 3.61. The number of carbonyl (C=O) groups excluding carboxylic acids is 1. The van der Waals surface area contributed by atoms with E-state index in [1.165, 1.54) is 6.20 Å². The second-order valence-corrected chi connectivity index (χ2v) is 7.57. The van der Waals surface area contributed by atoms with Gasteiger partial charge in [0.05, 0.1) is 26.5 Å². The van der Waals surface area contributed by atoms with E-state index in [-0.39, 0.29) is 5.82 Å². The van der Waals surface area contributed by atoms with Gasteiger partial charge in [0.1, 0.15) is 17.8 Å². The number of anilines is 1. The van der Waals surface area contributed by atoms with Gasteiger partial charge in [-0.25, -0.2) is 14.4 Å². The minimum Gasteiger partial charge on any atom is -0.497 e. The highest BCUT2D eigenvalue weighted by atomic mass is 19.1. The lowest BCUT2D eigenvalue weighted by Gasteiger charge is -2.19. The third kappa shape index (κ3) is 5.11. The Hall–Kier alpha value is -3.94. The number of aromatic nitrogens is 3. The first-order chi connectivity index (χ1) is 16.1. The maximum atomic E-state index is 14.4. The molecular weight excluding hydrogens is 423 g/mol. The van der Waals surface area contributed by atoms with Gasteiger partial charge >= 0.3 is 0 Å². The zero-order chi connectivity index (χ0) is 23.2. The molecule has 0 aliphatic carbocycles. The number of halogens is 1. The van der Waals surface area contributed by atoms with Gasteiger partial charge in [0, 0.05) is 36.3 Å². The monoisotopic (exact) mass is 448 g/mol. The molecule has 0 radical (unpaired) electrons. The molecule has 8 heteroatoms. The van der Waals surface area contributed by atoms with Crippen LogP contribution in [0.3, 0.4) is 0 Å². The molecule has 0 atom stereocenters. The van der Waals surface area contributed by atoms with E-state index in [0.717, 1.165) is 34.3 Å². The molecular formula is C25H25FN4O3. The molecule has 0 unspecified atom stereocenters. The molecule has 2 heterocycles. The average molecular weight is 448 g/mol. The third-order valence-corrected chi connectivity index (χ3v) is 5.36. The highest BCUT2D eigenvalue weighted by Gasteiger charge is 2.13. The molecule has 0 saturated carbocycles. The number of rotatable bonds is 10.